The van der Waals surface area contributed by atoms with Crippen molar-refractivity contribution < 1.29 is 18.7 Å². The Labute approximate surface area is 210 Å². The number of ether oxygens (including phenoxy) is 1. The van der Waals surface area contributed by atoms with E-state index >= 15 is 0 Å². The summed E-state index contributed by atoms with van der Waals surface area (Å²) in [6, 6.07) is 21.4. The molecule has 1 aromatic heterocycles. The topological polar surface area (TPSA) is 110 Å². The molecule has 1 heterocycles. The van der Waals surface area contributed by atoms with Crippen LogP contribution in [0.3, 0.4) is 0 Å². The Morgan fingerprint density at radius 1 is 0.944 bits per heavy atom. The fraction of sp³-hybridized carbons (Fsp3) is 0.214. The summed E-state index contributed by atoms with van der Waals surface area (Å²) >= 11 is 0. The molecule has 0 spiro atoms. The van der Waals surface area contributed by atoms with Crippen LogP contribution in [0.4, 0.5) is 17.1 Å². The van der Waals surface area contributed by atoms with Gasteiger partial charge >= 0.3 is 0 Å². The van der Waals surface area contributed by atoms with E-state index in [9.17, 15) is 9.59 Å². The number of carbonyl (C=O) groups excluding carboxylic acids is 2. The lowest BCUT2D eigenvalue weighted by molar-refractivity contribution is 0.0921. The van der Waals surface area contributed by atoms with E-state index in [1.54, 1.807) is 54.6 Å². The van der Waals surface area contributed by atoms with Crippen molar-refractivity contribution in [2.24, 2.45) is 0 Å². The van der Waals surface area contributed by atoms with E-state index < -0.39 is 0 Å². The number of para-hydroxylation sites is 2. The molecule has 0 saturated carbocycles. The highest BCUT2D eigenvalue weighted by Crippen LogP contribution is 2.29. The number of nitrogen functional groups attached to an aromatic ring is 1. The van der Waals surface area contributed by atoms with E-state index in [-0.39, 0.29) is 24.2 Å². The molecule has 0 aliphatic rings. The fourth-order valence-electron chi connectivity index (χ4n) is 3.93. The van der Waals surface area contributed by atoms with Crippen LogP contribution in [0.1, 0.15) is 34.8 Å². The van der Waals surface area contributed by atoms with E-state index in [2.05, 4.69) is 29.4 Å². The van der Waals surface area contributed by atoms with Gasteiger partial charge in [0.25, 0.3) is 11.8 Å². The van der Waals surface area contributed by atoms with Gasteiger partial charge in [0.2, 0.25) is 0 Å². The summed E-state index contributed by atoms with van der Waals surface area (Å²) in [6.45, 7) is 6.50. The van der Waals surface area contributed by atoms with Crippen molar-refractivity contribution in [1.82, 2.24) is 5.32 Å². The van der Waals surface area contributed by atoms with Crippen LogP contribution in [0.15, 0.2) is 77.2 Å². The number of fused-ring (bicyclic) bond motifs is 1. The maximum absolute atomic E-state index is 12.6. The number of furan rings is 1. The van der Waals surface area contributed by atoms with Crippen LogP contribution in [-0.4, -0.2) is 38.1 Å². The van der Waals surface area contributed by atoms with E-state index in [0.29, 0.717) is 34.8 Å². The quantitative estimate of drug-likeness (QED) is 0.217. The van der Waals surface area contributed by atoms with E-state index in [1.807, 2.05) is 18.2 Å². The number of hydrogen-bond acceptors (Lipinski definition) is 6. The summed E-state index contributed by atoms with van der Waals surface area (Å²) in [6.07, 6.45) is 0. The number of nitrogens with two attached hydrogens (primary N) is 1. The Balaban J connectivity index is 1.28. The van der Waals surface area contributed by atoms with Gasteiger partial charge in [0.15, 0.2) is 5.76 Å². The average Bonchev–Trinajstić information content (AvgIpc) is 3.34. The van der Waals surface area contributed by atoms with E-state index in [0.717, 1.165) is 24.2 Å². The first-order valence-electron chi connectivity index (χ1n) is 11.9. The smallest absolute Gasteiger partial charge is 0.287 e. The molecular weight excluding hydrogens is 456 g/mol. The Bertz CT molecular complexity index is 1340. The van der Waals surface area contributed by atoms with Crippen LogP contribution in [0.5, 0.6) is 5.75 Å². The summed E-state index contributed by atoms with van der Waals surface area (Å²) in [4.78, 5) is 27.3. The number of rotatable bonds is 10. The maximum Gasteiger partial charge on any atom is 0.287 e. The second-order valence-electron chi connectivity index (χ2n) is 8.14. The predicted octanol–water partition coefficient (Wildman–Crippen LogP) is 4.92. The van der Waals surface area contributed by atoms with Gasteiger partial charge in [-0.2, -0.15) is 0 Å². The molecule has 8 nitrogen and oxygen atoms in total. The molecular formula is C28H30N4O4. The van der Waals surface area contributed by atoms with Crippen LogP contribution in [-0.2, 0) is 0 Å². The molecule has 8 heteroatoms. The predicted molar refractivity (Wildman–Crippen MR) is 143 cm³/mol. The summed E-state index contributed by atoms with van der Waals surface area (Å²) < 4.78 is 11.5. The number of nitrogens with one attached hydrogen (secondary N) is 2. The van der Waals surface area contributed by atoms with Crippen LogP contribution in [0.25, 0.3) is 11.0 Å². The second kappa shape index (κ2) is 11.3. The van der Waals surface area contributed by atoms with Gasteiger partial charge in [0, 0.05) is 29.7 Å². The summed E-state index contributed by atoms with van der Waals surface area (Å²) in [5.74, 6) is 0.292. The minimum absolute atomic E-state index is 0.262. The molecule has 0 saturated heterocycles. The molecule has 4 aromatic rings. The van der Waals surface area contributed by atoms with Crippen LogP contribution >= 0.6 is 0 Å². The zero-order valence-electron chi connectivity index (χ0n) is 20.4. The Hall–Kier alpha value is -4.46. The fourth-order valence-corrected chi connectivity index (χ4v) is 3.93. The Morgan fingerprint density at radius 3 is 2.42 bits per heavy atom. The van der Waals surface area contributed by atoms with Crippen molar-refractivity contribution in [3.05, 3.63) is 84.1 Å². The molecule has 4 N–H and O–H groups in total. The lowest BCUT2D eigenvalue weighted by Gasteiger charge is -2.21. The molecule has 3 aromatic carbocycles. The molecule has 186 valence electrons. The third-order valence-electron chi connectivity index (χ3n) is 5.85. The first-order chi connectivity index (χ1) is 17.5. The van der Waals surface area contributed by atoms with Crippen molar-refractivity contribution in [3.8, 4) is 5.75 Å². The van der Waals surface area contributed by atoms with Crippen LogP contribution in [0.2, 0.25) is 0 Å². The molecule has 2 amide bonds. The highest BCUT2D eigenvalue weighted by Gasteiger charge is 2.16. The van der Waals surface area contributed by atoms with Crippen molar-refractivity contribution in [2.45, 2.75) is 13.8 Å². The summed E-state index contributed by atoms with van der Waals surface area (Å²) in [7, 11) is 0. The third kappa shape index (κ3) is 5.60. The minimum atomic E-state index is -0.299. The Morgan fingerprint density at radius 2 is 1.69 bits per heavy atom. The van der Waals surface area contributed by atoms with Gasteiger partial charge in [-0.15, -0.1) is 0 Å². The molecule has 0 atom stereocenters. The maximum atomic E-state index is 12.6. The van der Waals surface area contributed by atoms with Gasteiger partial charge in [0.05, 0.1) is 17.9 Å². The zero-order valence-corrected chi connectivity index (χ0v) is 20.4. The van der Waals surface area contributed by atoms with Gasteiger partial charge in [-0.1, -0.05) is 18.2 Å². The van der Waals surface area contributed by atoms with Gasteiger partial charge < -0.3 is 30.4 Å². The lowest BCUT2D eigenvalue weighted by Crippen LogP contribution is -2.27. The molecule has 0 aliphatic carbocycles. The van der Waals surface area contributed by atoms with Crippen molar-refractivity contribution >= 4 is 39.8 Å². The van der Waals surface area contributed by atoms with Crippen LogP contribution in [0, 0.1) is 0 Å². The molecule has 0 radical (unpaired) electrons. The highest BCUT2D eigenvalue weighted by molar-refractivity contribution is 6.05. The largest absolute Gasteiger partial charge is 0.492 e. The minimum Gasteiger partial charge on any atom is -0.492 e. The summed E-state index contributed by atoms with van der Waals surface area (Å²) in [5.41, 5.74) is 9.15. The van der Waals surface area contributed by atoms with Crippen molar-refractivity contribution in [1.29, 1.82) is 0 Å². The number of nitrogens with zero attached hydrogens (tertiary/aromatic N) is 1. The summed E-state index contributed by atoms with van der Waals surface area (Å²) in [5, 5.41) is 6.53. The number of hydrogen-bond donors (Lipinski definition) is 3. The standard InChI is InChI=1S/C28H30N4O4/c1-3-32(4-2)24-10-7-11-25-21(24)18-26(36-25)28(34)30-16-17-35-20-14-12-19(13-15-20)27(33)31-23-9-6-5-8-22(23)29/h5-15,18H,3-4,16-17,29H2,1-2H3,(H,30,34)(H,31,33). The van der Waals surface area contributed by atoms with Crippen LogP contribution < -0.4 is 26.0 Å². The monoisotopic (exact) mass is 486 g/mol. The molecule has 4 rings (SSSR count). The zero-order chi connectivity index (χ0) is 25.5. The second-order valence-corrected chi connectivity index (χ2v) is 8.14. The van der Waals surface area contributed by atoms with Gasteiger partial charge in [-0.05, 0) is 68.4 Å². The van der Waals surface area contributed by atoms with Crippen molar-refractivity contribution in [3.63, 3.8) is 0 Å². The average molecular weight is 487 g/mol. The number of amides is 2. The molecule has 0 fully saturated rings. The Kier molecular flexibility index (Phi) is 7.75. The molecule has 0 unspecified atom stereocenters. The van der Waals surface area contributed by atoms with Gasteiger partial charge in [-0.3, -0.25) is 9.59 Å². The SMILES string of the molecule is CCN(CC)c1cccc2oc(C(=O)NCCOc3ccc(C(=O)Nc4ccccc4N)cc3)cc12. The van der Waals surface area contributed by atoms with E-state index in [1.165, 1.54) is 0 Å². The highest BCUT2D eigenvalue weighted by atomic mass is 16.5. The first-order valence-corrected chi connectivity index (χ1v) is 11.9. The molecule has 36 heavy (non-hydrogen) atoms. The molecule has 0 bridgehead atoms. The van der Waals surface area contributed by atoms with Gasteiger partial charge in [-0.25, -0.2) is 0 Å². The number of anilines is 3. The number of carbonyl (C=O) groups is 2. The van der Waals surface area contributed by atoms with Crippen molar-refractivity contribution in [2.75, 3.05) is 42.2 Å². The van der Waals surface area contributed by atoms with Gasteiger partial charge in [0.1, 0.15) is 17.9 Å². The normalized spacial score (nSPS) is 10.7. The van der Waals surface area contributed by atoms with E-state index in [4.69, 9.17) is 14.9 Å². The third-order valence-corrected chi connectivity index (χ3v) is 5.85. The first kappa shape index (κ1) is 24.7. The lowest BCUT2D eigenvalue weighted by atomic mass is 10.2. The number of benzene rings is 3. The molecule has 0 aliphatic heterocycles.